The third-order valence-corrected chi connectivity index (χ3v) is 3.62. The zero-order valence-corrected chi connectivity index (χ0v) is 13.7. The Morgan fingerprint density at radius 2 is 1.90 bits per heavy atom. The molecule has 0 bridgehead atoms. The zero-order valence-electron chi connectivity index (χ0n) is 12.9. The molecule has 1 aliphatic heterocycles. The molecular formula is C14H25ClN2O4. The summed E-state index contributed by atoms with van der Waals surface area (Å²) in [4.78, 5) is 24.6. The Labute approximate surface area is 130 Å². The molecule has 1 fully saturated rings. The molecule has 0 atom stereocenters. The molecule has 6 nitrogen and oxygen atoms in total. The number of hydrogen-bond acceptors (Lipinski definition) is 4. The molecule has 0 saturated carbocycles. The van der Waals surface area contributed by atoms with Gasteiger partial charge in [-0.1, -0.05) is 0 Å². The minimum atomic E-state index is -0.849. The van der Waals surface area contributed by atoms with Crippen LogP contribution in [0.5, 0.6) is 0 Å². The summed E-state index contributed by atoms with van der Waals surface area (Å²) in [7, 11) is 0. The molecule has 2 N–H and O–H groups in total. The second-order valence-electron chi connectivity index (χ2n) is 6.43. The molecule has 0 spiro atoms. The van der Waals surface area contributed by atoms with Crippen LogP contribution in [0.2, 0.25) is 0 Å². The molecule has 0 aliphatic carbocycles. The molecule has 2 amide bonds. The highest BCUT2D eigenvalue weighted by atomic mass is 35.5. The number of aliphatic hydroxyl groups is 1. The number of carbonyl (C=O) groups excluding carboxylic acids is 2. The molecule has 1 aliphatic rings. The van der Waals surface area contributed by atoms with Crippen LogP contribution in [0.3, 0.4) is 0 Å². The largest absolute Gasteiger partial charge is 0.444 e. The monoisotopic (exact) mass is 320 g/mol. The van der Waals surface area contributed by atoms with Gasteiger partial charge >= 0.3 is 6.09 Å². The maximum Gasteiger partial charge on any atom is 0.410 e. The lowest BCUT2D eigenvalue weighted by molar-refractivity contribution is -0.118. The number of likely N-dealkylation sites (tertiary alicyclic amines) is 1. The molecule has 0 aromatic carbocycles. The van der Waals surface area contributed by atoms with Gasteiger partial charge in [0.25, 0.3) is 0 Å². The van der Waals surface area contributed by atoms with Crippen LogP contribution in [0.4, 0.5) is 4.79 Å². The average molecular weight is 321 g/mol. The van der Waals surface area contributed by atoms with Crippen molar-refractivity contribution in [2.24, 2.45) is 0 Å². The van der Waals surface area contributed by atoms with Crippen molar-refractivity contribution in [3.8, 4) is 0 Å². The first-order valence-electron chi connectivity index (χ1n) is 7.18. The summed E-state index contributed by atoms with van der Waals surface area (Å²) < 4.78 is 5.31. The van der Waals surface area contributed by atoms with E-state index in [0.29, 0.717) is 38.9 Å². The first-order chi connectivity index (χ1) is 9.65. The molecule has 122 valence electrons. The predicted molar refractivity (Wildman–Crippen MR) is 80.3 cm³/mol. The minimum absolute atomic E-state index is 0.0785. The van der Waals surface area contributed by atoms with E-state index in [9.17, 15) is 14.7 Å². The van der Waals surface area contributed by atoms with Gasteiger partial charge in [-0.25, -0.2) is 4.79 Å². The fourth-order valence-electron chi connectivity index (χ4n) is 2.16. The van der Waals surface area contributed by atoms with Crippen molar-refractivity contribution in [2.75, 3.05) is 25.5 Å². The first-order valence-corrected chi connectivity index (χ1v) is 7.72. The minimum Gasteiger partial charge on any atom is -0.444 e. The van der Waals surface area contributed by atoms with Gasteiger partial charge in [-0.2, -0.15) is 0 Å². The highest BCUT2D eigenvalue weighted by Gasteiger charge is 2.35. The fraction of sp³-hybridized carbons (Fsp3) is 0.857. The number of amides is 2. The van der Waals surface area contributed by atoms with Gasteiger partial charge in [0.15, 0.2) is 0 Å². The number of alkyl halides is 1. The SMILES string of the molecule is CC(C)(C)OC(=O)N1CCC(O)(CCNC(=O)CCl)CC1. The molecule has 7 heteroatoms. The highest BCUT2D eigenvalue weighted by molar-refractivity contribution is 6.27. The highest BCUT2D eigenvalue weighted by Crippen LogP contribution is 2.26. The van der Waals surface area contributed by atoms with Crippen LogP contribution >= 0.6 is 11.6 Å². The van der Waals surface area contributed by atoms with Crippen LogP contribution < -0.4 is 5.32 Å². The Morgan fingerprint density at radius 1 is 1.33 bits per heavy atom. The topological polar surface area (TPSA) is 78.9 Å². The van der Waals surface area contributed by atoms with E-state index < -0.39 is 11.2 Å². The molecule has 0 aromatic heterocycles. The van der Waals surface area contributed by atoms with Gasteiger partial charge in [0.1, 0.15) is 11.5 Å². The van der Waals surface area contributed by atoms with Crippen LogP contribution in [-0.4, -0.2) is 58.7 Å². The van der Waals surface area contributed by atoms with Crippen molar-refractivity contribution in [3.63, 3.8) is 0 Å². The second kappa shape index (κ2) is 7.31. The van der Waals surface area contributed by atoms with Gasteiger partial charge in [0.05, 0.1) is 5.60 Å². The lowest BCUT2D eigenvalue weighted by atomic mass is 9.88. The maximum atomic E-state index is 11.9. The van der Waals surface area contributed by atoms with E-state index in [-0.39, 0.29) is 17.9 Å². The first kappa shape index (κ1) is 18.0. The third kappa shape index (κ3) is 6.52. The summed E-state index contributed by atoms with van der Waals surface area (Å²) in [5.74, 6) is -0.323. The van der Waals surface area contributed by atoms with E-state index in [1.54, 1.807) is 4.90 Å². The standard InChI is InChI=1S/C14H25ClN2O4/c1-13(2,3)21-12(19)17-8-5-14(20,6-9-17)4-7-16-11(18)10-15/h20H,4-10H2,1-3H3,(H,16,18). The van der Waals surface area contributed by atoms with Crippen LogP contribution in [0.25, 0.3) is 0 Å². The van der Waals surface area contributed by atoms with Gasteiger partial charge in [-0.3, -0.25) is 4.79 Å². The number of ether oxygens (including phenoxy) is 1. The number of halogens is 1. The lowest BCUT2D eigenvalue weighted by Crippen LogP contribution is -2.49. The Kier molecular flexibility index (Phi) is 6.28. The average Bonchev–Trinajstić information content (AvgIpc) is 2.37. The Hall–Kier alpha value is -1.01. The molecular weight excluding hydrogens is 296 g/mol. The lowest BCUT2D eigenvalue weighted by Gasteiger charge is -2.38. The summed E-state index contributed by atoms with van der Waals surface area (Å²) in [6.45, 7) is 6.76. The molecule has 21 heavy (non-hydrogen) atoms. The fourth-order valence-corrected chi connectivity index (χ4v) is 2.26. The van der Waals surface area contributed by atoms with Crippen molar-refractivity contribution < 1.29 is 19.4 Å². The van der Waals surface area contributed by atoms with E-state index >= 15 is 0 Å². The molecule has 0 unspecified atom stereocenters. The number of nitrogens with zero attached hydrogens (tertiary/aromatic N) is 1. The van der Waals surface area contributed by atoms with Gasteiger partial charge in [-0.05, 0) is 40.0 Å². The quantitative estimate of drug-likeness (QED) is 0.769. The van der Waals surface area contributed by atoms with Gasteiger partial charge < -0.3 is 20.1 Å². The number of piperidine rings is 1. The Bertz CT molecular complexity index is 374. The van der Waals surface area contributed by atoms with Crippen molar-refractivity contribution in [3.05, 3.63) is 0 Å². The van der Waals surface area contributed by atoms with E-state index in [1.165, 1.54) is 0 Å². The summed E-state index contributed by atoms with van der Waals surface area (Å²) in [6, 6.07) is 0. The van der Waals surface area contributed by atoms with Gasteiger partial charge in [-0.15, -0.1) is 11.6 Å². The summed E-state index contributed by atoms with van der Waals surface area (Å²) in [6.07, 6.45) is 1.06. The molecule has 0 aromatic rings. The van der Waals surface area contributed by atoms with E-state index in [0.717, 1.165) is 0 Å². The Morgan fingerprint density at radius 3 is 2.38 bits per heavy atom. The van der Waals surface area contributed by atoms with E-state index in [2.05, 4.69) is 5.32 Å². The smallest absolute Gasteiger partial charge is 0.410 e. The van der Waals surface area contributed by atoms with Gasteiger partial charge in [0.2, 0.25) is 5.91 Å². The third-order valence-electron chi connectivity index (χ3n) is 3.38. The van der Waals surface area contributed by atoms with Crippen LogP contribution in [0.15, 0.2) is 0 Å². The number of carbonyl (C=O) groups is 2. The van der Waals surface area contributed by atoms with Crippen molar-refractivity contribution >= 4 is 23.6 Å². The normalized spacial score (nSPS) is 18.2. The number of rotatable bonds is 4. The summed E-state index contributed by atoms with van der Waals surface area (Å²) in [5.41, 5.74) is -1.37. The predicted octanol–water partition coefficient (Wildman–Crippen LogP) is 1.49. The maximum absolute atomic E-state index is 11.9. The van der Waals surface area contributed by atoms with Crippen molar-refractivity contribution in [1.29, 1.82) is 0 Å². The van der Waals surface area contributed by atoms with Crippen LogP contribution in [-0.2, 0) is 9.53 Å². The van der Waals surface area contributed by atoms with E-state index in [1.807, 2.05) is 20.8 Å². The van der Waals surface area contributed by atoms with Crippen molar-refractivity contribution in [1.82, 2.24) is 10.2 Å². The zero-order chi connectivity index (χ0) is 16.1. The summed E-state index contributed by atoms with van der Waals surface area (Å²) >= 11 is 5.38. The number of hydrogen-bond donors (Lipinski definition) is 2. The molecule has 1 saturated heterocycles. The van der Waals surface area contributed by atoms with Gasteiger partial charge in [0, 0.05) is 19.6 Å². The summed E-state index contributed by atoms with van der Waals surface area (Å²) in [5, 5.41) is 13.1. The van der Waals surface area contributed by atoms with E-state index in [4.69, 9.17) is 16.3 Å². The molecule has 0 radical (unpaired) electrons. The van der Waals surface area contributed by atoms with Crippen LogP contribution in [0.1, 0.15) is 40.0 Å². The van der Waals surface area contributed by atoms with Crippen LogP contribution in [0, 0.1) is 0 Å². The Balaban J connectivity index is 2.36. The molecule has 1 heterocycles. The molecule has 1 rings (SSSR count). The number of nitrogens with one attached hydrogen (secondary N) is 1. The van der Waals surface area contributed by atoms with Crippen molar-refractivity contribution in [2.45, 2.75) is 51.2 Å². The second-order valence-corrected chi connectivity index (χ2v) is 6.69.